The molecule has 0 aliphatic carbocycles. The molecule has 5 heteroatoms. The number of aromatic amines is 1. The number of H-pyrrole nitrogens is 1. The largest absolute Gasteiger partial charge is 0.494 e. The molecule has 0 fully saturated rings. The van der Waals surface area contributed by atoms with Gasteiger partial charge >= 0.3 is 0 Å². The third-order valence-electron chi connectivity index (χ3n) is 4.50. The molecule has 0 aliphatic rings. The van der Waals surface area contributed by atoms with Crippen LogP contribution in [0, 0.1) is 6.92 Å². The van der Waals surface area contributed by atoms with Gasteiger partial charge in [0, 0.05) is 29.9 Å². The van der Waals surface area contributed by atoms with E-state index in [-0.39, 0.29) is 18.0 Å². The molecule has 27 heavy (non-hydrogen) atoms. The van der Waals surface area contributed by atoms with E-state index in [4.69, 9.17) is 4.74 Å². The Morgan fingerprint density at radius 2 is 1.81 bits per heavy atom. The summed E-state index contributed by atoms with van der Waals surface area (Å²) in [6.45, 7) is 6.78. The normalized spacial score (nSPS) is 10.8. The van der Waals surface area contributed by atoms with Crippen LogP contribution in [-0.2, 0) is 17.9 Å². The van der Waals surface area contributed by atoms with E-state index in [0.29, 0.717) is 18.7 Å². The molecule has 3 rings (SSSR count). The molecule has 0 aliphatic heterocycles. The first kappa shape index (κ1) is 18.7. The average molecular weight is 364 g/mol. The maximum atomic E-state index is 12.5. The summed E-state index contributed by atoms with van der Waals surface area (Å²) in [5, 5.41) is 0.884. The van der Waals surface area contributed by atoms with Crippen molar-refractivity contribution in [3.63, 3.8) is 0 Å². The molecule has 0 atom stereocenters. The van der Waals surface area contributed by atoms with Crippen LogP contribution in [0.4, 0.5) is 0 Å². The number of nitrogens with one attached hydrogen (secondary N) is 1. The number of hydrogen-bond acceptors (Lipinski definition) is 3. The average Bonchev–Trinajstić information content (AvgIpc) is 2.64. The fraction of sp³-hybridized carbons (Fsp3) is 0.273. The van der Waals surface area contributed by atoms with Crippen LogP contribution in [0.25, 0.3) is 10.9 Å². The van der Waals surface area contributed by atoms with Crippen LogP contribution in [0.3, 0.4) is 0 Å². The highest BCUT2D eigenvalue weighted by atomic mass is 16.5. The maximum Gasteiger partial charge on any atom is 0.253 e. The second kappa shape index (κ2) is 8.08. The number of amides is 1. The molecule has 0 unspecified atom stereocenters. The van der Waals surface area contributed by atoms with Crippen LogP contribution in [-0.4, -0.2) is 22.4 Å². The van der Waals surface area contributed by atoms with Gasteiger partial charge in [-0.25, -0.2) is 0 Å². The molecular formula is C22H24N2O3. The van der Waals surface area contributed by atoms with E-state index in [9.17, 15) is 9.59 Å². The van der Waals surface area contributed by atoms with E-state index in [0.717, 1.165) is 22.2 Å². The van der Waals surface area contributed by atoms with Gasteiger partial charge in [0.1, 0.15) is 5.75 Å². The smallest absolute Gasteiger partial charge is 0.253 e. The van der Waals surface area contributed by atoms with Crippen molar-refractivity contribution in [2.24, 2.45) is 0 Å². The number of aromatic nitrogens is 1. The van der Waals surface area contributed by atoms with Crippen LogP contribution >= 0.6 is 0 Å². The minimum atomic E-state index is -0.179. The molecule has 5 nitrogen and oxygen atoms in total. The first-order chi connectivity index (χ1) is 13.0. The number of aryl methyl sites for hydroxylation is 1. The number of carbonyl (C=O) groups is 1. The molecule has 0 spiro atoms. The number of rotatable bonds is 6. The highest BCUT2D eigenvalue weighted by Crippen LogP contribution is 2.20. The molecule has 140 valence electrons. The first-order valence-electron chi connectivity index (χ1n) is 9.06. The lowest BCUT2D eigenvalue weighted by molar-refractivity contribution is -0.130. The van der Waals surface area contributed by atoms with E-state index in [1.54, 1.807) is 4.90 Å². The summed E-state index contributed by atoms with van der Waals surface area (Å²) in [7, 11) is 0. The molecule has 0 bridgehead atoms. The number of carbonyl (C=O) groups excluding carboxylic acids is 1. The minimum Gasteiger partial charge on any atom is -0.494 e. The van der Waals surface area contributed by atoms with E-state index < -0.39 is 0 Å². The van der Waals surface area contributed by atoms with Crippen molar-refractivity contribution in [1.82, 2.24) is 9.88 Å². The lowest BCUT2D eigenvalue weighted by Gasteiger charge is -2.21. The molecule has 0 saturated carbocycles. The van der Waals surface area contributed by atoms with Crippen molar-refractivity contribution in [3.05, 3.63) is 75.6 Å². The Kier molecular flexibility index (Phi) is 5.60. The summed E-state index contributed by atoms with van der Waals surface area (Å²) in [5.74, 6) is 0.684. The van der Waals surface area contributed by atoms with E-state index in [1.165, 1.54) is 12.5 Å². The molecule has 2 aromatic carbocycles. The Balaban J connectivity index is 1.89. The Morgan fingerprint density at radius 3 is 2.48 bits per heavy atom. The van der Waals surface area contributed by atoms with Gasteiger partial charge in [-0.05, 0) is 43.7 Å². The van der Waals surface area contributed by atoms with Crippen molar-refractivity contribution >= 4 is 16.8 Å². The fourth-order valence-corrected chi connectivity index (χ4v) is 3.00. The van der Waals surface area contributed by atoms with Crippen molar-refractivity contribution in [1.29, 1.82) is 0 Å². The molecule has 1 heterocycles. The Morgan fingerprint density at radius 1 is 1.07 bits per heavy atom. The topological polar surface area (TPSA) is 62.4 Å². The zero-order valence-electron chi connectivity index (χ0n) is 15.9. The van der Waals surface area contributed by atoms with Crippen LogP contribution in [0.1, 0.15) is 30.5 Å². The molecule has 1 N–H and O–H groups in total. The summed E-state index contributed by atoms with van der Waals surface area (Å²) in [6, 6.07) is 15.4. The van der Waals surface area contributed by atoms with E-state index in [2.05, 4.69) is 4.98 Å². The lowest BCUT2D eigenvalue weighted by atomic mass is 10.1. The molecule has 3 aromatic rings. The number of hydrogen-bond donors (Lipinski definition) is 1. The molecule has 0 saturated heterocycles. The number of fused-ring (bicyclic) bond motifs is 1. The molecular weight excluding hydrogens is 340 g/mol. The Labute approximate surface area is 158 Å². The summed E-state index contributed by atoms with van der Waals surface area (Å²) < 4.78 is 5.54. The molecule has 1 amide bonds. The zero-order chi connectivity index (χ0) is 19.4. The fourth-order valence-electron chi connectivity index (χ4n) is 3.00. The standard InChI is InChI=1S/C22H24N2O3/c1-4-27-20-9-10-21-18(12-20)11-19(22(26)23-21)14-24(16(3)25)13-17-7-5-15(2)6-8-17/h5-12H,4,13-14H2,1-3H3,(H,23,26). The van der Waals surface area contributed by atoms with Crippen LogP contribution in [0.5, 0.6) is 5.75 Å². The van der Waals surface area contributed by atoms with Gasteiger partial charge in [-0.1, -0.05) is 29.8 Å². The molecule has 1 aromatic heterocycles. The van der Waals surface area contributed by atoms with Crippen molar-refractivity contribution in [3.8, 4) is 5.75 Å². The predicted molar refractivity (Wildman–Crippen MR) is 107 cm³/mol. The summed E-state index contributed by atoms with van der Waals surface area (Å²) >= 11 is 0. The lowest BCUT2D eigenvalue weighted by Crippen LogP contribution is -2.30. The quantitative estimate of drug-likeness (QED) is 0.724. The van der Waals surface area contributed by atoms with Crippen LogP contribution in [0.2, 0.25) is 0 Å². The van der Waals surface area contributed by atoms with Gasteiger partial charge in [-0.15, -0.1) is 0 Å². The highest BCUT2D eigenvalue weighted by Gasteiger charge is 2.13. The second-order valence-corrected chi connectivity index (χ2v) is 6.67. The summed E-state index contributed by atoms with van der Waals surface area (Å²) in [4.78, 5) is 29.2. The van der Waals surface area contributed by atoms with Gasteiger partial charge in [0.05, 0.1) is 13.2 Å². The SMILES string of the molecule is CCOc1ccc2[nH]c(=O)c(CN(Cc3ccc(C)cc3)C(C)=O)cc2c1. The first-order valence-corrected chi connectivity index (χ1v) is 9.06. The van der Waals surface area contributed by atoms with E-state index >= 15 is 0 Å². The number of ether oxygens (including phenoxy) is 1. The number of benzene rings is 2. The maximum absolute atomic E-state index is 12.5. The Bertz CT molecular complexity index is 1010. The molecule has 0 radical (unpaired) electrons. The zero-order valence-corrected chi connectivity index (χ0v) is 15.9. The summed E-state index contributed by atoms with van der Waals surface area (Å²) in [5.41, 5.74) is 3.33. The van der Waals surface area contributed by atoms with Gasteiger partial charge in [0.25, 0.3) is 5.56 Å². The third-order valence-corrected chi connectivity index (χ3v) is 4.50. The van der Waals surface area contributed by atoms with Gasteiger partial charge in [-0.2, -0.15) is 0 Å². The predicted octanol–water partition coefficient (Wildman–Crippen LogP) is 3.78. The van der Waals surface area contributed by atoms with Gasteiger partial charge in [-0.3, -0.25) is 9.59 Å². The van der Waals surface area contributed by atoms with Gasteiger partial charge in [0.2, 0.25) is 5.91 Å². The minimum absolute atomic E-state index is 0.0712. The van der Waals surface area contributed by atoms with Crippen LogP contribution in [0.15, 0.2) is 53.3 Å². The van der Waals surface area contributed by atoms with Crippen molar-refractivity contribution in [2.45, 2.75) is 33.9 Å². The van der Waals surface area contributed by atoms with Crippen LogP contribution < -0.4 is 10.3 Å². The van der Waals surface area contributed by atoms with Crippen molar-refractivity contribution in [2.75, 3.05) is 6.61 Å². The Hall–Kier alpha value is -3.08. The third kappa shape index (κ3) is 4.56. The highest BCUT2D eigenvalue weighted by molar-refractivity contribution is 5.80. The number of nitrogens with zero attached hydrogens (tertiary/aromatic N) is 1. The summed E-state index contributed by atoms with van der Waals surface area (Å²) in [6.07, 6.45) is 0. The number of pyridine rings is 1. The van der Waals surface area contributed by atoms with E-state index in [1.807, 2.05) is 62.4 Å². The van der Waals surface area contributed by atoms with Crippen molar-refractivity contribution < 1.29 is 9.53 Å². The monoisotopic (exact) mass is 364 g/mol. The second-order valence-electron chi connectivity index (χ2n) is 6.67. The van der Waals surface area contributed by atoms with Gasteiger partial charge in [0.15, 0.2) is 0 Å². The van der Waals surface area contributed by atoms with Gasteiger partial charge < -0.3 is 14.6 Å².